The van der Waals surface area contributed by atoms with Gasteiger partial charge < -0.3 is 0 Å². The van der Waals surface area contributed by atoms with Gasteiger partial charge in [0.1, 0.15) is 0 Å². The van der Waals surface area contributed by atoms with Crippen molar-refractivity contribution >= 4 is 38.3 Å². The number of nitro benzene ring substituents is 1. The lowest BCUT2D eigenvalue weighted by molar-refractivity contribution is -0.385. The number of nitrogens with zero attached hydrogens (tertiary/aromatic N) is 2. The number of aromatic nitrogens is 1. The summed E-state index contributed by atoms with van der Waals surface area (Å²) < 4.78 is 1.01. The van der Waals surface area contributed by atoms with Crippen LogP contribution in [0, 0.1) is 17.0 Å². The first-order chi connectivity index (χ1) is 12.4. The van der Waals surface area contributed by atoms with E-state index >= 15 is 0 Å². The number of anilines is 1. The van der Waals surface area contributed by atoms with Crippen molar-refractivity contribution in [3.8, 4) is 0 Å². The second-order valence-electron chi connectivity index (χ2n) is 6.27. The molecule has 0 saturated carbocycles. The molecular formula is C19H19N3O3S. The fourth-order valence-corrected chi connectivity index (χ4v) is 3.56. The second kappa shape index (κ2) is 7.21. The van der Waals surface area contributed by atoms with E-state index in [1.807, 2.05) is 6.07 Å². The molecule has 1 unspecified atom stereocenters. The monoisotopic (exact) mass is 369 g/mol. The summed E-state index contributed by atoms with van der Waals surface area (Å²) in [6.45, 7) is 5.96. The molecule has 3 aromatic rings. The molecule has 1 atom stereocenters. The fraction of sp³-hybridized carbons (Fsp3) is 0.263. The zero-order valence-electron chi connectivity index (χ0n) is 14.8. The van der Waals surface area contributed by atoms with Crippen LogP contribution in [-0.2, 0) is 0 Å². The molecule has 0 aliphatic carbocycles. The summed E-state index contributed by atoms with van der Waals surface area (Å²) in [5.74, 6) is 0.0574. The molecule has 7 heteroatoms. The molecule has 0 aliphatic rings. The largest absolute Gasteiger partial charge is 0.298 e. The van der Waals surface area contributed by atoms with Crippen LogP contribution in [0.3, 0.4) is 0 Å². The molecule has 134 valence electrons. The van der Waals surface area contributed by atoms with Crippen molar-refractivity contribution < 1.29 is 9.72 Å². The van der Waals surface area contributed by atoms with E-state index in [4.69, 9.17) is 0 Å². The topological polar surface area (TPSA) is 85.1 Å². The molecule has 0 aliphatic heterocycles. The number of carbonyl (C=O) groups excluding carboxylic acids is 1. The van der Waals surface area contributed by atoms with E-state index in [0.717, 1.165) is 16.6 Å². The summed E-state index contributed by atoms with van der Waals surface area (Å²) in [4.78, 5) is 27.4. The Hall–Kier alpha value is -2.80. The smallest absolute Gasteiger partial charge is 0.273 e. The molecule has 0 bridgehead atoms. The summed E-state index contributed by atoms with van der Waals surface area (Å²) in [5, 5.41) is 14.3. The van der Waals surface area contributed by atoms with Gasteiger partial charge in [0.05, 0.1) is 15.1 Å². The molecule has 0 saturated heterocycles. The predicted octanol–water partition coefficient (Wildman–Crippen LogP) is 5.28. The van der Waals surface area contributed by atoms with Gasteiger partial charge in [-0.25, -0.2) is 4.98 Å². The van der Waals surface area contributed by atoms with E-state index in [2.05, 4.69) is 36.3 Å². The van der Waals surface area contributed by atoms with Gasteiger partial charge in [-0.3, -0.25) is 20.2 Å². The number of nitrogens with one attached hydrogen (secondary N) is 1. The van der Waals surface area contributed by atoms with Crippen LogP contribution in [-0.4, -0.2) is 15.8 Å². The number of fused-ring (bicyclic) bond motifs is 1. The normalized spacial score (nSPS) is 12.1. The number of carbonyl (C=O) groups is 1. The zero-order chi connectivity index (χ0) is 18.8. The minimum Gasteiger partial charge on any atom is -0.298 e. The van der Waals surface area contributed by atoms with Crippen LogP contribution in [0.1, 0.15) is 47.7 Å². The lowest BCUT2D eigenvalue weighted by atomic mass is 9.99. The number of aryl methyl sites for hydroxylation is 1. The van der Waals surface area contributed by atoms with E-state index in [-0.39, 0.29) is 11.3 Å². The van der Waals surface area contributed by atoms with Crippen molar-refractivity contribution in [1.29, 1.82) is 0 Å². The Morgan fingerprint density at radius 2 is 2.08 bits per heavy atom. The second-order valence-corrected chi connectivity index (χ2v) is 7.30. The summed E-state index contributed by atoms with van der Waals surface area (Å²) >= 11 is 1.40. The van der Waals surface area contributed by atoms with E-state index in [0.29, 0.717) is 16.6 Å². The number of rotatable bonds is 5. The van der Waals surface area contributed by atoms with Gasteiger partial charge in [-0.15, -0.1) is 0 Å². The third kappa shape index (κ3) is 3.57. The predicted molar refractivity (Wildman–Crippen MR) is 104 cm³/mol. The van der Waals surface area contributed by atoms with Crippen LogP contribution < -0.4 is 5.32 Å². The van der Waals surface area contributed by atoms with Gasteiger partial charge in [-0.05, 0) is 43.0 Å². The average molecular weight is 369 g/mol. The van der Waals surface area contributed by atoms with Gasteiger partial charge in [0.25, 0.3) is 11.6 Å². The first kappa shape index (κ1) is 18.0. The van der Waals surface area contributed by atoms with Gasteiger partial charge >= 0.3 is 0 Å². The van der Waals surface area contributed by atoms with Crippen molar-refractivity contribution in [2.75, 3.05) is 5.32 Å². The van der Waals surface area contributed by atoms with E-state index < -0.39 is 10.8 Å². The van der Waals surface area contributed by atoms with Gasteiger partial charge in [-0.1, -0.05) is 37.3 Å². The lowest BCUT2D eigenvalue weighted by Gasteiger charge is -2.07. The summed E-state index contributed by atoms with van der Waals surface area (Å²) in [7, 11) is 0. The fourth-order valence-electron chi connectivity index (χ4n) is 2.65. The Morgan fingerprint density at radius 3 is 2.77 bits per heavy atom. The minimum absolute atomic E-state index is 0.0693. The molecule has 1 aromatic heterocycles. The molecule has 1 heterocycles. The highest BCUT2D eigenvalue weighted by Crippen LogP contribution is 2.30. The van der Waals surface area contributed by atoms with Crippen molar-refractivity contribution in [1.82, 2.24) is 4.98 Å². The lowest BCUT2D eigenvalue weighted by Crippen LogP contribution is -2.12. The first-order valence-electron chi connectivity index (χ1n) is 8.36. The Morgan fingerprint density at radius 1 is 1.31 bits per heavy atom. The third-order valence-corrected chi connectivity index (χ3v) is 5.42. The zero-order valence-corrected chi connectivity index (χ0v) is 15.6. The summed E-state index contributed by atoms with van der Waals surface area (Å²) in [5.41, 5.74) is 2.76. The Labute approximate surface area is 155 Å². The highest BCUT2D eigenvalue weighted by atomic mass is 32.1. The van der Waals surface area contributed by atoms with E-state index in [9.17, 15) is 14.9 Å². The van der Waals surface area contributed by atoms with Crippen molar-refractivity contribution in [2.45, 2.75) is 33.1 Å². The maximum absolute atomic E-state index is 12.4. The highest BCUT2D eigenvalue weighted by molar-refractivity contribution is 7.22. The van der Waals surface area contributed by atoms with Crippen molar-refractivity contribution in [2.24, 2.45) is 0 Å². The maximum Gasteiger partial charge on any atom is 0.273 e. The molecule has 1 N–H and O–H groups in total. The molecule has 6 nitrogen and oxygen atoms in total. The van der Waals surface area contributed by atoms with Crippen molar-refractivity contribution in [3.05, 3.63) is 63.2 Å². The molecule has 0 radical (unpaired) electrons. The maximum atomic E-state index is 12.4. The summed E-state index contributed by atoms with van der Waals surface area (Å²) in [6.07, 6.45) is 1.06. The Balaban J connectivity index is 1.85. The molecule has 0 fully saturated rings. The van der Waals surface area contributed by atoms with Gasteiger partial charge in [-0.2, -0.15) is 0 Å². The van der Waals surface area contributed by atoms with E-state index in [1.165, 1.54) is 23.0 Å². The molecule has 0 spiro atoms. The van der Waals surface area contributed by atoms with Crippen LogP contribution in [0.5, 0.6) is 0 Å². The number of hydrogen-bond donors (Lipinski definition) is 1. The standard InChI is InChI=1S/C19H19N3O3S/c1-4-11(2)13-7-8-15-17(10-13)26-19(20-15)21-18(23)14-6-5-12(3)16(9-14)22(24)25/h5-11H,4H2,1-3H3,(H,20,21,23). The number of thiazole rings is 1. The minimum atomic E-state index is -0.486. The molecular weight excluding hydrogens is 350 g/mol. The number of nitro groups is 1. The Bertz CT molecular complexity index is 997. The SMILES string of the molecule is CCC(C)c1ccc2nc(NC(=O)c3ccc(C)c([N+](=O)[O-])c3)sc2c1. The van der Waals surface area contributed by atoms with Crippen LogP contribution >= 0.6 is 11.3 Å². The van der Waals surface area contributed by atoms with Crippen LogP contribution in [0.25, 0.3) is 10.2 Å². The van der Waals surface area contributed by atoms with Gasteiger partial charge in [0, 0.05) is 17.2 Å². The third-order valence-electron chi connectivity index (χ3n) is 4.48. The number of benzene rings is 2. The van der Waals surface area contributed by atoms with Crippen LogP contribution in [0.4, 0.5) is 10.8 Å². The van der Waals surface area contributed by atoms with Crippen LogP contribution in [0.2, 0.25) is 0 Å². The average Bonchev–Trinajstić information content (AvgIpc) is 3.02. The Kier molecular flexibility index (Phi) is 4.99. The van der Waals surface area contributed by atoms with Crippen molar-refractivity contribution in [3.63, 3.8) is 0 Å². The molecule has 1 amide bonds. The van der Waals surface area contributed by atoms with Crippen LogP contribution in [0.15, 0.2) is 36.4 Å². The quantitative estimate of drug-likeness (QED) is 0.490. The highest BCUT2D eigenvalue weighted by Gasteiger charge is 2.16. The number of amides is 1. The molecule has 26 heavy (non-hydrogen) atoms. The summed E-state index contributed by atoms with van der Waals surface area (Å²) in [6, 6.07) is 10.6. The van der Waals surface area contributed by atoms with E-state index in [1.54, 1.807) is 19.1 Å². The van der Waals surface area contributed by atoms with Gasteiger partial charge in [0.15, 0.2) is 5.13 Å². The molecule has 3 rings (SSSR count). The first-order valence-corrected chi connectivity index (χ1v) is 9.17. The number of hydrogen-bond acceptors (Lipinski definition) is 5. The molecule has 2 aromatic carbocycles. The van der Waals surface area contributed by atoms with Gasteiger partial charge in [0.2, 0.25) is 0 Å².